The molecule has 1 aliphatic rings. The van der Waals surface area contributed by atoms with Gasteiger partial charge in [-0.1, -0.05) is 11.6 Å². The maximum atomic E-state index is 12.2. The fourth-order valence-corrected chi connectivity index (χ4v) is 3.48. The Hall–Kier alpha value is -2.25. The van der Waals surface area contributed by atoms with Crippen molar-refractivity contribution in [2.75, 3.05) is 17.7 Å². The van der Waals surface area contributed by atoms with E-state index < -0.39 is 5.25 Å². The molecular weight excluding hydrogens is 350 g/mol. The highest BCUT2D eigenvalue weighted by molar-refractivity contribution is 8.01. The average Bonchev–Trinajstić information content (AvgIpc) is 2.56. The second-order valence-electron chi connectivity index (χ2n) is 5.08. The molecular formula is C16H14ClN3O3S. The van der Waals surface area contributed by atoms with Gasteiger partial charge >= 0.3 is 0 Å². The molecule has 8 heteroatoms. The molecule has 6 nitrogen and oxygen atoms in total. The number of aromatic nitrogens is 1. The number of anilines is 2. The molecule has 0 radical (unpaired) electrons. The highest BCUT2D eigenvalue weighted by Gasteiger charge is 2.29. The Morgan fingerprint density at radius 1 is 1.42 bits per heavy atom. The third-order valence-electron chi connectivity index (χ3n) is 3.36. The van der Waals surface area contributed by atoms with E-state index in [0.29, 0.717) is 22.3 Å². The lowest BCUT2D eigenvalue weighted by molar-refractivity contribution is -0.120. The number of fused-ring (bicyclic) bond motifs is 1. The minimum atomic E-state index is -0.495. The summed E-state index contributed by atoms with van der Waals surface area (Å²) >= 11 is 7.27. The van der Waals surface area contributed by atoms with Gasteiger partial charge in [0.05, 0.1) is 29.9 Å². The summed E-state index contributed by atoms with van der Waals surface area (Å²) in [5.74, 6) is -0.00437. The molecule has 0 bridgehead atoms. The topological polar surface area (TPSA) is 80.3 Å². The van der Waals surface area contributed by atoms with Crippen LogP contribution in [0.15, 0.2) is 41.4 Å². The van der Waals surface area contributed by atoms with Crippen LogP contribution in [0.25, 0.3) is 0 Å². The van der Waals surface area contributed by atoms with Crippen molar-refractivity contribution in [3.63, 3.8) is 0 Å². The first kappa shape index (κ1) is 16.6. The zero-order valence-corrected chi connectivity index (χ0v) is 14.3. The van der Waals surface area contributed by atoms with E-state index in [1.807, 2.05) is 6.07 Å². The van der Waals surface area contributed by atoms with E-state index in [1.165, 1.54) is 25.1 Å². The summed E-state index contributed by atoms with van der Waals surface area (Å²) in [6, 6.07) is 8.62. The molecule has 1 aromatic heterocycles. The quantitative estimate of drug-likeness (QED) is 0.872. The lowest BCUT2D eigenvalue weighted by Crippen LogP contribution is -2.32. The molecule has 2 aromatic rings. The van der Waals surface area contributed by atoms with Gasteiger partial charge in [0.25, 0.3) is 0 Å². The zero-order chi connectivity index (χ0) is 17.1. The van der Waals surface area contributed by atoms with Crippen LogP contribution in [-0.2, 0) is 9.59 Å². The highest BCUT2D eigenvalue weighted by atomic mass is 35.5. The number of benzene rings is 1. The maximum Gasteiger partial charge on any atom is 0.238 e. The van der Waals surface area contributed by atoms with Crippen molar-refractivity contribution >= 4 is 46.6 Å². The van der Waals surface area contributed by atoms with Gasteiger partial charge in [-0.2, -0.15) is 0 Å². The lowest BCUT2D eigenvalue weighted by Gasteiger charge is -2.23. The summed E-state index contributed by atoms with van der Waals surface area (Å²) in [5.41, 5.74) is 1.22. The number of ether oxygens (including phenoxy) is 1. The van der Waals surface area contributed by atoms with Crippen molar-refractivity contribution in [1.82, 2.24) is 4.98 Å². The molecule has 2 N–H and O–H groups in total. The van der Waals surface area contributed by atoms with Crippen LogP contribution in [0, 0.1) is 0 Å². The van der Waals surface area contributed by atoms with Gasteiger partial charge in [0.15, 0.2) is 0 Å². The number of methoxy groups -OCH3 is 1. The van der Waals surface area contributed by atoms with Gasteiger partial charge < -0.3 is 15.4 Å². The summed E-state index contributed by atoms with van der Waals surface area (Å²) in [7, 11) is 1.52. The Balaban J connectivity index is 1.63. The first-order chi connectivity index (χ1) is 11.5. The zero-order valence-electron chi connectivity index (χ0n) is 12.7. The van der Waals surface area contributed by atoms with Gasteiger partial charge in [0.1, 0.15) is 0 Å². The summed E-state index contributed by atoms with van der Waals surface area (Å²) in [6.45, 7) is 0. The van der Waals surface area contributed by atoms with Crippen LogP contribution < -0.4 is 15.4 Å². The van der Waals surface area contributed by atoms with Crippen molar-refractivity contribution in [3.8, 4) is 5.88 Å². The molecule has 0 aliphatic carbocycles. The van der Waals surface area contributed by atoms with Crippen LogP contribution in [0.3, 0.4) is 0 Å². The van der Waals surface area contributed by atoms with Crippen LogP contribution in [-0.4, -0.2) is 29.2 Å². The van der Waals surface area contributed by atoms with E-state index in [2.05, 4.69) is 15.6 Å². The molecule has 0 fully saturated rings. The number of amides is 2. The number of nitrogens with zero attached hydrogens (tertiary/aromatic N) is 1. The minimum absolute atomic E-state index is 0.0601. The molecule has 24 heavy (non-hydrogen) atoms. The first-order valence-corrected chi connectivity index (χ1v) is 8.38. The number of pyridine rings is 1. The van der Waals surface area contributed by atoms with Gasteiger partial charge in [-0.05, 0) is 24.3 Å². The number of thioether (sulfide) groups is 1. The average molecular weight is 364 g/mol. The molecule has 2 heterocycles. The Kier molecular flexibility index (Phi) is 4.92. The summed E-state index contributed by atoms with van der Waals surface area (Å²) in [4.78, 5) is 29.2. The summed E-state index contributed by atoms with van der Waals surface area (Å²) in [5, 5.41) is 5.56. The van der Waals surface area contributed by atoms with Crippen molar-refractivity contribution in [1.29, 1.82) is 0 Å². The van der Waals surface area contributed by atoms with Crippen molar-refractivity contribution in [3.05, 3.63) is 41.6 Å². The van der Waals surface area contributed by atoms with Crippen LogP contribution >= 0.6 is 23.4 Å². The highest BCUT2D eigenvalue weighted by Crippen LogP contribution is 2.38. The Bertz CT molecular complexity index is 783. The lowest BCUT2D eigenvalue weighted by atomic mass is 10.2. The number of hydrogen-bond donors (Lipinski definition) is 2. The van der Waals surface area contributed by atoms with E-state index in [0.717, 1.165) is 4.90 Å². The smallest absolute Gasteiger partial charge is 0.238 e. The van der Waals surface area contributed by atoms with Gasteiger partial charge in [-0.3, -0.25) is 9.59 Å². The predicted octanol–water partition coefficient (Wildman–Crippen LogP) is 3.19. The standard InChI is InChI=1S/C16H14ClN3O3S/c1-23-15-5-3-10(8-18-15)19-14(21)7-13-16(22)20-11-6-9(17)2-4-12(11)24-13/h2-6,8,13H,7H2,1H3,(H,19,21)(H,20,22). The van der Waals surface area contributed by atoms with Crippen LogP contribution in [0.2, 0.25) is 5.02 Å². The summed E-state index contributed by atoms with van der Waals surface area (Å²) in [6.07, 6.45) is 1.56. The second-order valence-corrected chi connectivity index (χ2v) is 6.76. The SMILES string of the molecule is COc1ccc(NC(=O)CC2Sc3ccc(Cl)cc3NC2=O)cn1. The van der Waals surface area contributed by atoms with Crippen LogP contribution in [0.1, 0.15) is 6.42 Å². The van der Waals surface area contributed by atoms with Crippen LogP contribution in [0.4, 0.5) is 11.4 Å². The molecule has 1 aliphatic heterocycles. The van der Waals surface area contributed by atoms with Gasteiger partial charge in [0.2, 0.25) is 17.7 Å². The minimum Gasteiger partial charge on any atom is -0.481 e. The van der Waals surface area contributed by atoms with E-state index in [9.17, 15) is 9.59 Å². The van der Waals surface area contributed by atoms with E-state index in [1.54, 1.807) is 24.3 Å². The molecule has 1 atom stereocenters. The van der Waals surface area contributed by atoms with Crippen molar-refractivity contribution in [2.45, 2.75) is 16.6 Å². The largest absolute Gasteiger partial charge is 0.481 e. The number of nitrogens with one attached hydrogen (secondary N) is 2. The number of carbonyl (C=O) groups excluding carboxylic acids is 2. The van der Waals surface area contributed by atoms with E-state index in [4.69, 9.17) is 16.3 Å². The van der Waals surface area contributed by atoms with E-state index in [-0.39, 0.29) is 18.2 Å². The number of carbonyl (C=O) groups is 2. The number of rotatable bonds is 4. The van der Waals surface area contributed by atoms with Crippen molar-refractivity contribution < 1.29 is 14.3 Å². The van der Waals surface area contributed by atoms with Gasteiger partial charge in [-0.15, -0.1) is 11.8 Å². The van der Waals surface area contributed by atoms with Gasteiger partial charge in [-0.25, -0.2) is 4.98 Å². The fourth-order valence-electron chi connectivity index (χ4n) is 2.21. The molecule has 0 spiro atoms. The van der Waals surface area contributed by atoms with Gasteiger partial charge in [0, 0.05) is 22.4 Å². The number of halogens is 1. The molecule has 2 amide bonds. The third-order valence-corrected chi connectivity index (χ3v) is 4.87. The number of hydrogen-bond acceptors (Lipinski definition) is 5. The van der Waals surface area contributed by atoms with Crippen LogP contribution in [0.5, 0.6) is 5.88 Å². The van der Waals surface area contributed by atoms with Crippen molar-refractivity contribution in [2.24, 2.45) is 0 Å². The second kappa shape index (κ2) is 7.11. The molecule has 124 valence electrons. The molecule has 0 saturated heterocycles. The van der Waals surface area contributed by atoms with E-state index >= 15 is 0 Å². The summed E-state index contributed by atoms with van der Waals surface area (Å²) < 4.78 is 4.96. The maximum absolute atomic E-state index is 12.2. The molecule has 1 aromatic carbocycles. The molecule has 1 unspecified atom stereocenters. The third kappa shape index (κ3) is 3.80. The normalized spacial score (nSPS) is 16.1. The first-order valence-electron chi connectivity index (χ1n) is 7.12. The Labute approximate surface area is 147 Å². The Morgan fingerprint density at radius 2 is 2.25 bits per heavy atom. The predicted molar refractivity (Wildman–Crippen MR) is 93.8 cm³/mol. The Morgan fingerprint density at radius 3 is 2.96 bits per heavy atom. The molecule has 3 rings (SSSR count). The molecule has 0 saturated carbocycles. The fraction of sp³-hybridized carbons (Fsp3) is 0.188. The monoisotopic (exact) mass is 363 g/mol.